The van der Waals surface area contributed by atoms with Crippen LogP contribution >= 0.6 is 0 Å². The summed E-state index contributed by atoms with van der Waals surface area (Å²) in [5, 5.41) is 6.68. The maximum Gasteiger partial charge on any atom is 0.191 e. The van der Waals surface area contributed by atoms with E-state index in [4.69, 9.17) is 9.47 Å². The number of nitrogens with zero attached hydrogens (tertiary/aromatic N) is 1. The van der Waals surface area contributed by atoms with Crippen LogP contribution in [0.1, 0.15) is 18.4 Å². The van der Waals surface area contributed by atoms with Crippen molar-refractivity contribution in [1.29, 1.82) is 0 Å². The summed E-state index contributed by atoms with van der Waals surface area (Å²) in [5.74, 6) is 2.77. The van der Waals surface area contributed by atoms with Crippen molar-refractivity contribution in [2.45, 2.75) is 18.9 Å². The van der Waals surface area contributed by atoms with Gasteiger partial charge in [0.25, 0.3) is 0 Å². The molecular formula is C20H25N3O2. The summed E-state index contributed by atoms with van der Waals surface area (Å²) >= 11 is 0. The van der Waals surface area contributed by atoms with Crippen molar-refractivity contribution in [2.75, 3.05) is 26.7 Å². The van der Waals surface area contributed by atoms with Gasteiger partial charge in [0.15, 0.2) is 17.5 Å². The normalized spacial score (nSPS) is 17.7. The molecule has 2 atom stereocenters. The third-order valence-corrected chi connectivity index (χ3v) is 4.23. The van der Waals surface area contributed by atoms with Gasteiger partial charge in [-0.2, -0.15) is 0 Å². The van der Waals surface area contributed by atoms with E-state index in [1.807, 2.05) is 30.3 Å². The molecule has 0 aromatic heterocycles. The fourth-order valence-corrected chi connectivity index (χ4v) is 2.74. The Labute approximate surface area is 149 Å². The molecule has 1 aliphatic heterocycles. The Balaban J connectivity index is 1.46. The molecule has 0 aliphatic carbocycles. The molecule has 3 rings (SSSR count). The summed E-state index contributed by atoms with van der Waals surface area (Å²) in [7, 11) is 1.77. The van der Waals surface area contributed by atoms with Crippen LogP contribution in [-0.4, -0.2) is 38.8 Å². The number of ether oxygens (including phenoxy) is 2. The van der Waals surface area contributed by atoms with Crippen LogP contribution in [0.2, 0.25) is 0 Å². The second-order valence-corrected chi connectivity index (χ2v) is 6.14. The summed E-state index contributed by atoms with van der Waals surface area (Å²) in [5.41, 5.74) is 1.31. The minimum Gasteiger partial charge on any atom is -0.486 e. The number of aliphatic imine (C=N–C) groups is 1. The number of rotatable bonds is 5. The Bertz CT molecular complexity index is 703. The van der Waals surface area contributed by atoms with Crippen molar-refractivity contribution in [3.8, 4) is 11.5 Å². The molecule has 5 nitrogen and oxygen atoms in total. The Morgan fingerprint density at radius 1 is 1.08 bits per heavy atom. The number of para-hydroxylation sites is 2. The van der Waals surface area contributed by atoms with Gasteiger partial charge in [0.05, 0.1) is 6.54 Å². The molecule has 1 heterocycles. The lowest BCUT2D eigenvalue weighted by Crippen LogP contribution is -2.46. The summed E-state index contributed by atoms with van der Waals surface area (Å²) in [6.45, 7) is 4.17. The third-order valence-electron chi connectivity index (χ3n) is 4.23. The standard InChI is InChI=1S/C20H25N3O2/c1-15(16-8-4-3-5-9-16)12-22-20(21-2)23-13-17-14-24-18-10-6-7-11-19(18)25-17/h3-11,15,17H,12-14H2,1-2H3,(H2,21,22,23). The molecule has 2 aromatic carbocycles. The molecule has 0 spiro atoms. The van der Waals surface area contributed by atoms with Gasteiger partial charge in [0.1, 0.15) is 12.7 Å². The van der Waals surface area contributed by atoms with E-state index in [9.17, 15) is 0 Å². The third kappa shape index (κ3) is 4.66. The van der Waals surface area contributed by atoms with E-state index in [1.54, 1.807) is 7.05 Å². The molecule has 2 aromatic rings. The zero-order chi connectivity index (χ0) is 17.5. The summed E-state index contributed by atoms with van der Waals surface area (Å²) in [4.78, 5) is 4.28. The summed E-state index contributed by atoms with van der Waals surface area (Å²) < 4.78 is 11.7. The molecule has 1 aliphatic rings. The molecule has 2 N–H and O–H groups in total. The van der Waals surface area contributed by atoms with Gasteiger partial charge < -0.3 is 20.1 Å². The highest BCUT2D eigenvalue weighted by Gasteiger charge is 2.20. The Kier molecular flexibility index (Phi) is 5.77. The van der Waals surface area contributed by atoms with Crippen LogP contribution in [-0.2, 0) is 0 Å². The fraction of sp³-hybridized carbons (Fsp3) is 0.350. The highest BCUT2D eigenvalue weighted by atomic mass is 16.6. The van der Waals surface area contributed by atoms with Gasteiger partial charge in [0.2, 0.25) is 0 Å². The fourth-order valence-electron chi connectivity index (χ4n) is 2.74. The molecule has 2 unspecified atom stereocenters. The van der Waals surface area contributed by atoms with E-state index in [0.29, 0.717) is 19.1 Å². The smallest absolute Gasteiger partial charge is 0.191 e. The molecule has 25 heavy (non-hydrogen) atoms. The average Bonchev–Trinajstić information content (AvgIpc) is 2.68. The number of guanidine groups is 1. The quantitative estimate of drug-likeness (QED) is 0.650. The van der Waals surface area contributed by atoms with Gasteiger partial charge in [-0.25, -0.2) is 0 Å². The predicted octanol–water partition coefficient (Wildman–Crippen LogP) is 2.80. The van der Waals surface area contributed by atoms with Gasteiger partial charge >= 0.3 is 0 Å². The maximum absolute atomic E-state index is 5.95. The maximum atomic E-state index is 5.95. The molecule has 5 heteroatoms. The molecule has 0 saturated carbocycles. The van der Waals surface area contributed by atoms with E-state index in [2.05, 4.69) is 46.8 Å². The molecular weight excluding hydrogens is 314 g/mol. The topological polar surface area (TPSA) is 54.9 Å². The first kappa shape index (κ1) is 17.1. The number of nitrogens with one attached hydrogen (secondary N) is 2. The minimum absolute atomic E-state index is 0.0417. The van der Waals surface area contributed by atoms with Crippen molar-refractivity contribution >= 4 is 5.96 Å². The van der Waals surface area contributed by atoms with Crippen LogP contribution in [0.3, 0.4) is 0 Å². The minimum atomic E-state index is -0.0417. The van der Waals surface area contributed by atoms with Gasteiger partial charge in [-0.3, -0.25) is 4.99 Å². The van der Waals surface area contributed by atoms with Gasteiger partial charge in [-0.1, -0.05) is 49.4 Å². The van der Waals surface area contributed by atoms with Gasteiger partial charge in [-0.15, -0.1) is 0 Å². The molecule has 0 saturated heterocycles. The van der Waals surface area contributed by atoms with Crippen LogP contribution in [0.4, 0.5) is 0 Å². The highest BCUT2D eigenvalue weighted by molar-refractivity contribution is 5.79. The van der Waals surface area contributed by atoms with Gasteiger partial charge in [0, 0.05) is 13.6 Å². The van der Waals surface area contributed by atoms with Crippen molar-refractivity contribution in [1.82, 2.24) is 10.6 Å². The first-order valence-corrected chi connectivity index (χ1v) is 8.64. The van der Waals surface area contributed by atoms with E-state index < -0.39 is 0 Å². The molecule has 0 bridgehead atoms. The average molecular weight is 339 g/mol. The SMILES string of the molecule is CN=C(NCC1COc2ccccc2O1)NCC(C)c1ccccc1. The van der Waals surface area contributed by atoms with Crippen molar-refractivity contribution in [3.63, 3.8) is 0 Å². The van der Waals surface area contributed by atoms with Crippen molar-refractivity contribution in [2.24, 2.45) is 4.99 Å². The Morgan fingerprint density at radius 2 is 1.80 bits per heavy atom. The van der Waals surface area contributed by atoms with Crippen LogP contribution < -0.4 is 20.1 Å². The predicted molar refractivity (Wildman–Crippen MR) is 101 cm³/mol. The molecule has 132 valence electrons. The second-order valence-electron chi connectivity index (χ2n) is 6.14. The zero-order valence-electron chi connectivity index (χ0n) is 14.7. The first-order chi connectivity index (χ1) is 12.3. The monoisotopic (exact) mass is 339 g/mol. The van der Waals surface area contributed by atoms with E-state index >= 15 is 0 Å². The lowest BCUT2D eigenvalue weighted by Gasteiger charge is -2.27. The van der Waals surface area contributed by atoms with Crippen molar-refractivity contribution < 1.29 is 9.47 Å². The Morgan fingerprint density at radius 3 is 2.56 bits per heavy atom. The van der Waals surface area contributed by atoms with Gasteiger partial charge in [-0.05, 0) is 23.6 Å². The number of hydrogen-bond acceptors (Lipinski definition) is 3. The van der Waals surface area contributed by atoms with E-state index in [1.165, 1.54) is 5.56 Å². The summed E-state index contributed by atoms with van der Waals surface area (Å²) in [6, 6.07) is 18.2. The molecule has 0 amide bonds. The van der Waals surface area contributed by atoms with Crippen LogP contribution in [0, 0.1) is 0 Å². The number of fused-ring (bicyclic) bond motifs is 1. The highest BCUT2D eigenvalue weighted by Crippen LogP contribution is 2.30. The number of hydrogen-bond donors (Lipinski definition) is 2. The largest absolute Gasteiger partial charge is 0.486 e. The Hall–Kier alpha value is -2.69. The van der Waals surface area contributed by atoms with Crippen LogP contribution in [0.5, 0.6) is 11.5 Å². The lowest BCUT2D eigenvalue weighted by atomic mass is 10.0. The number of benzene rings is 2. The molecule has 0 fully saturated rings. The van der Waals surface area contributed by atoms with E-state index in [-0.39, 0.29) is 6.10 Å². The zero-order valence-corrected chi connectivity index (χ0v) is 14.7. The van der Waals surface area contributed by atoms with Crippen LogP contribution in [0.25, 0.3) is 0 Å². The van der Waals surface area contributed by atoms with Crippen molar-refractivity contribution in [3.05, 3.63) is 60.2 Å². The molecule has 0 radical (unpaired) electrons. The lowest BCUT2D eigenvalue weighted by molar-refractivity contribution is 0.0936. The first-order valence-electron chi connectivity index (χ1n) is 8.64. The van der Waals surface area contributed by atoms with Crippen LogP contribution in [0.15, 0.2) is 59.6 Å². The van der Waals surface area contributed by atoms with E-state index in [0.717, 1.165) is 24.0 Å². The summed E-state index contributed by atoms with van der Waals surface area (Å²) in [6.07, 6.45) is -0.0417. The second kappa shape index (κ2) is 8.42.